The molecule has 2 aromatic rings. The van der Waals surface area contributed by atoms with Gasteiger partial charge >= 0.3 is 0 Å². The Labute approximate surface area is 153 Å². The summed E-state index contributed by atoms with van der Waals surface area (Å²) < 4.78 is 10.3. The molecule has 0 fully saturated rings. The Hall–Kier alpha value is -3.02. The predicted molar refractivity (Wildman–Crippen MR) is 99.7 cm³/mol. The number of furan rings is 1. The molecule has 0 aliphatic carbocycles. The highest BCUT2D eigenvalue weighted by molar-refractivity contribution is 6.05. The Morgan fingerprint density at radius 1 is 1.23 bits per heavy atom. The minimum absolute atomic E-state index is 0.00499. The van der Waals surface area contributed by atoms with Crippen LogP contribution in [0.25, 0.3) is 6.08 Å². The van der Waals surface area contributed by atoms with Crippen molar-refractivity contribution in [3.05, 3.63) is 59.7 Å². The number of carbonyl (C=O) groups excluding carboxylic acids is 2. The standard InChI is InChI=1S/C20H24N2O4/c1-4-6-14(2)21-20(24)18(13-17-7-5-12-26-17)22-19(23)15-8-10-16(25-3)11-9-15/h5,7-14H,4,6H2,1-3H3,(H,21,24)(H,22,23)/b18-13-/t14-/m0/s1. The first-order valence-electron chi connectivity index (χ1n) is 8.55. The summed E-state index contributed by atoms with van der Waals surface area (Å²) in [6.07, 6.45) is 4.82. The lowest BCUT2D eigenvalue weighted by atomic mass is 10.1. The molecule has 138 valence electrons. The molecule has 6 heteroatoms. The van der Waals surface area contributed by atoms with Gasteiger partial charge in [-0.2, -0.15) is 0 Å². The zero-order valence-corrected chi connectivity index (χ0v) is 15.2. The van der Waals surface area contributed by atoms with Crippen LogP contribution < -0.4 is 15.4 Å². The van der Waals surface area contributed by atoms with Crippen LogP contribution in [0, 0.1) is 0 Å². The van der Waals surface area contributed by atoms with E-state index in [9.17, 15) is 9.59 Å². The summed E-state index contributed by atoms with van der Waals surface area (Å²) >= 11 is 0. The van der Waals surface area contributed by atoms with Crippen LogP contribution in [0.4, 0.5) is 0 Å². The average Bonchev–Trinajstić information content (AvgIpc) is 3.14. The zero-order valence-electron chi connectivity index (χ0n) is 15.2. The molecule has 0 aliphatic heterocycles. The number of benzene rings is 1. The topological polar surface area (TPSA) is 80.6 Å². The van der Waals surface area contributed by atoms with Crippen LogP contribution in [0.3, 0.4) is 0 Å². The van der Waals surface area contributed by atoms with E-state index in [4.69, 9.17) is 9.15 Å². The zero-order chi connectivity index (χ0) is 18.9. The highest BCUT2D eigenvalue weighted by atomic mass is 16.5. The minimum Gasteiger partial charge on any atom is -0.497 e. The molecule has 0 bridgehead atoms. The molecular formula is C20H24N2O4. The molecule has 0 aliphatic rings. The monoisotopic (exact) mass is 356 g/mol. The second-order valence-corrected chi connectivity index (χ2v) is 5.92. The summed E-state index contributed by atoms with van der Waals surface area (Å²) in [5, 5.41) is 5.55. The summed E-state index contributed by atoms with van der Waals surface area (Å²) in [6, 6.07) is 10.1. The van der Waals surface area contributed by atoms with E-state index in [1.165, 1.54) is 12.3 Å². The fourth-order valence-electron chi connectivity index (χ4n) is 2.42. The lowest BCUT2D eigenvalue weighted by Gasteiger charge is -2.15. The molecule has 2 rings (SSSR count). The van der Waals surface area contributed by atoms with E-state index < -0.39 is 0 Å². The van der Waals surface area contributed by atoms with Gasteiger partial charge in [0.25, 0.3) is 11.8 Å². The third kappa shape index (κ3) is 5.51. The van der Waals surface area contributed by atoms with Gasteiger partial charge in [-0.3, -0.25) is 9.59 Å². The van der Waals surface area contributed by atoms with Crippen molar-refractivity contribution >= 4 is 17.9 Å². The number of ether oxygens (including phenoxy) is 1. The lowest BCUT2D eigenvalue weighted by molar-refractivity contribution is -0.118. The Kier molecular flexibility index (Phi) is 7.02. The van der Waals surface area contributed by atoms with Gasteiger partial charge in [0.05, 0.1) is 13.4 Å². The van der Waals surface area contributed by atoms with Crippen molar-refractivity contribution < 1.29 is 18.7 Å². The van der Waals surface area contributed by atoms with Crippen molar-refractivity contribution in [2.45, 2.75) is 32.7 Å². The summed E-state index contributed by atoms with van der Waals surface area (Å²) in [4.78, 5) is 25.1. The van der Waals surface area contributed by atoms with Crippen LogP contribution in [0.5, 0.6) is 5.75 Å². The van der Waals surface area contributed by atoms with Gasteiger partial charge in [-0.05, 0) is 49.7 Å². The van der Waals surface area contributed by atoms with E-state index in [1.807, 2.05) is 13.8 Å². The summed E-state index contributed by atoms with van der Waals surface area (Å²) in [7, 11) is 1.56. The fourth-order valence-corrected chi connectivity index (χ4v) is 2.42. The smallest absolute Gasteiger partial charge is 0.268 e. The van der Waals surface area contributed by atoms with Gasteiger partial charge in [0.2, 0.25) is 0 Å². The normalized spacial score (nSPS) is 12.3. The van der Waals surface area contributed by atoms with E-state index in [1.54, 1.807) is 43.5 Å². The number of methoxy groups -OCH3 is 1. The first-order valence-corrected chi connectivity index (χ1v) is 8.55. The third-order valence-electron chi connectivity index (χ3n) is 3.77. The van der Waals surface area contributed by atoms with Crippen LogP contribution in [-0.2, 0) is 4.79 Å². The molecule has 0 radical (unpaired) electrons. The van der Waals surface area contributed by atoms with Crippen LogP contribution in [0.15, 0.2) is 52.8 Å². The quantitative estimate of drug-likeness (QED) is 0.711. The number of hydrogen-bond acceptors (Lipinski definition) is 4. The largest absolute Gasteiger partial charge is 0.497 e. The Morgan fingerprint density at radius 3 is 2.54 bits per heavy atom. The second kappa shape index (κ2) is 9.46. The molecule has 0 spiro atoms. The highest BCUT2D eigenvalue weighted by Crippen LogP contribution is 2.12. The second-order valence-electron chi connectivity index (χ2n) is 5.92. The molecule has 2 amide bonds. The Morgan fingerprint density at radius 2 is 1.96 bits per heavy atom. The fraction of sp³-hybridized carbons (Fsp3) is 0.300. The van der Waals surface area contributed by atoms with Gasteiger partial charge in [-0.1, -0.05) is 13.3 Å². The van der Waals surface area contributed by atoms with E-state index in [2.05, 4.69) is 10.6 Å². The van der Waals surface area contributed by atoms with E-state index in [-0.39, 0.29) is 23.6 Å². The lowest BCUT2D eigenvalue weighted by Crippen LogP contribution is -2.39. The Balaban J connectivity index is 2.17. The molecule has 0 saturated heterocycles. The Bertz CT molecular complexity index is 749. The molecule has 0 unspecified atom stereocenters. The maximum atomic E-state index is 12.6. The van der Waals surface area contributed by atoms with E-state index in [0.717, 1.165) is 12.8 Å². The van der Waals surface area contributed by atoms with Gasteiger partial charge in [-0.15, -0.1) is 0 Å². The van der Waals surface area contributed by atoms with Gasteiger partial charge in [-0.25, -0.2) is 0 Å². The maximum absolute atomic E-state index is 12.6. The van der Waals surface area contributed by atoms with Gasteiger partial charge in [0.1, 0.15) is 17.2 Å². The van der Waals surface area contributed by atoms with E-state index in [0.29, 0.717) is 17.1 Å². The van der Waals surface area contributed by atoms with Gasteiger partial charge in [0, 0.05) is 17.7 Å². The van der Waals surface area contributed by atoms with Gasteiger partial charge < -0.3 is 19.8 Å². The number of amides is 2. The molecular weight excluding hydrogens is 332 g/mol. The van der Waals surface area contributed by atoms with Crippen LogP contribution in [0.1, 0.15) is 42.8 Å². The van der Waals surface area contributed by atoms with Crippen molar-refractivity contribution in [1.29, 1.82) is 0 Å². The van der Waals surface area contributed by atoms with Crippen molar-refractivity contribution in [3.63, 3.8) is 0 Å². The molecule has 1 atom stereocenters. The number of rotatable bonds is 8. The molecule has 1 aromatic carbocycles. The summed E-state index contributed by atoms with van der Waals surface area (Å²) in [5.41, 5.74) is 0.550. The molecule has 1 aromatic heterocycles. The van der Waals surface area contributed by atoms with Crippen molar-refractivity contribution in [2.24, 2.45) is 0 Å². The highest BCUT2D eigenvalue weighted by Gasteiger charge is 2.17. The van der Waals surface area contributed by atoms with Crippen LogP contribution in [0.2, 0.25) is 0 Å². The minimum atomic E-state index is -0.385. The number of nitrogens with one attached hydrogen (secondary N) is 2. The summed E-state index contributed by atoms with van der Waals surface area (Å²) in [6.45, 7) is 3.98. The summed E-state index contributed by atoms with van der Waals surface area (Å²) in [5.74, 6) is 0.389. The van der Waals surface area contributed by atoms with E-state index >= 15 is 0 Å². The molecule has 0 saturated carbocycles. The van der Waals surface area contributed by atoms with Gasteiger partial charge in [0.15, 0.2) is 0 Å². The first-order chi connectivity index (χ1) is 12.5. The van der Waals surface area contributed by atoms with Crippen molar-refractivity contribution in [3.8, 4) is 5.75 Å². The third-order valence-corrected chi connectivity index (χ3v) is 3.77. The van der Waals surface area contributed by atoms with Crippen molar-refractivity contribution in [2.75, 3.05) is 7.11 Å². The number of carbonyl (C=O) groups is 2. The SMILES string of the molecule is CCC[C@H](C)NC(=O)/C(=C/c1ccco1)NC(=O)c1ccc(OC)cc1. The van der Waals surface area contributed by atoms with Crippen LogP contribution in [-0.4, -0.2) is 25.0 Å². The molecule has 26 heavy (non-hydrogen) atoms. The molecule has 6 nitrogen and oxygen atoms in total. The number of hydrogen-bond donors (Lipinski definition) is 2. The predicted octanol–water partition coefficient (Wildman–Crippen LogP) is 3.36. The van der Waals surface area contributed by atoms with Crippen LogP contribution >= 0.6 is 0 Å². The molecule has 1 heterocycles. The molecule has 2 N–H and O–H groups in total. The van der Waals surface area contributed by atoms with Crippen molar-refractivity contribution in [1.82, 2.24) is 10.6 Å². The first kappa shape index (κ1) is 19.3. The average molecular weight is 356 g/mol. The maximum Gasteiger partial charge on any atom is 0.268 e.